The van der Waals surface area contributed by atoms with Crippen molar-refractivity contribution in [2.45, 2.75) is 0 Å². The molecule has 5 nitrogen and oxygen atoms in total. The number of aromatic nitrogens is 1. The molecule has 88 valence electrons. The van der Waals surface area contributed by atoms with Gasteiger partial charge >= 0.3 is 0 Å². The van der Waals surface area contributed by atoms with Crippen LogP contribution < -0.4 is 0 Å². The molecule has 2 N–H and O–H groups in total. The van der Waals surface area contributed by atoms with Gasteiger partial charge in [0.25, 0.3) is 0 Å². The molecule has 0 aromatic carbocycles. The number of nitrogens with zero attached hydrogens (tertiary/aromatic N) is 1. The van der Waals surface area contributed by atoms with Gasteiger partial charge < -0.3 is 20.5 Å². The highest BCUT2D eigenvalue weighted by Crippen LogP contribution is 2.25. The quantitative estimate of drug-likeness (QED) is 0.465. The predicted octanol–water partition coefficient (Wildman–Crippen LogP) is 2.47. The second kappa shape index (κ2) is 4.56. The van der Waals surface area contributed by atoms with E-state index in [9.17, 15) is 15.5 Å². The van der Waals surface area contributed by atoms with Crippen molar-refractivity contribution in [3.05, 3.63) is 49.1 Å². The van der Waals surface area contributed by atoms with E-state index in [2.05, 4.69) is 4.98 Å². The molecule has 0 saturated heterocycles. The number of rotatable bonds is 1. The molecule has 0 amide bonds. The maximum absolute atomic E-state index is 10.5. The zero-order valence-electron chi connectivity index (χ0n) is 8.41. The molecule has 7 heteroatoms. The minimum absolute atomic E-state index is 0.0124. The molecule has 1 heterocycles. The molecule has 0 spiro atoms. The van der Waals surface area contributed by atoms with Crippen molar-refractivity contribution in [2.24, 2.45) is 0 Å². The summed E-state index contributed by atoms with van der Waals surface area (Å²) in [7, 11) is 0. The molecule has 1 aromatic heterocycles. The van der Waals surface area contributed by atoms with Gasteiger partial charge in [-0.05, 0) is 36.0 Å². The molecule has 0 bridgehead atoms. The molecule has 1 aromatic rings. The Morgan fingerprint density at radius 3 is 2.41 bits per heavy atom. The topological polar surface area (TPSA) is 85.1 Å². The summed E-state index contributed by atoms with van der Waals surface area (Å²) in [4.78, 5) is 2.75. The Labute approximate surface area is 106 Å². The van der Waals surface area contributed by atoms with Crippen molar-refractivity contribution < 1.29 is 10.0 Å². The number of hydrogen-bond donors (Lipinski definition) is 2. The van der Waals surface area contributed by atoms with E-state index < -0.39 is 4.90 Å². The van der Waals surface area contributed by atoms with Crippen LogP contribution in [-0.4, -0.2) is 20.7 Å². The first-order valence-corrected chi connectivity index (χ1v) is 5.80. The van der Waals surface area contributed by atoms with Crippen LogP contribution in [0.15, 0.2) is 29.9 Å². The molecular weight excluding hydrogens is 260 g/mol. The summed E-state index contributed by atoms with van der Waals surface area (Å²) in [6.45, 7) is 0. The lowest BCUT2D eigenvalue weighted by Crippen LogP contribution is -2.06. The molecule has 0 atom stereocenters. The highest BCUT2D eigenvalue weighted by Gasteiger charge is 2.06. The third-order valence-corrected chi connectivity index (χ3v) is 3.23. The summed E-state index contributed by atoms with van der Waals surface area (Å²) in [5.41, 5.74) is 0.796. The lowest BCUT2D eigenvalue weighted by atomic mass is 10.1. The smallest absolute Gasteiger partial charge is 0.222 e. The first-order valence-electron chi connectivity index (χ1n) is 4.57. The Kier molecular flexibility index (Phi) is 3.12. The molecule has 0 radical (unpaired) electrons. The molecule has 0 aliphatic heterocycles. The van der Waals surface area contributed by atoms with E-state index >= 15 is 0 Å². The summed E-state index contributed by atoms with van der Waals surface area (Å²) in [5, 5.41) is 30.4. The van der Waals surface area contributed by atoms with Gasteiger partial charge in [-0.2, -0.15) is 4.90 Å². The van der Waals surface area contributed by atoms with Crippen molar-refractivity contribution in [3.8, 4) is 5.88 Å². The zero-order valence-corrected chi connectivity index (χ0v) is 10.0. The van der Waals surface area contributed by atoms with Gasteiger partial charge in [0, 0.05) is 12.2 Å². The van der Waals surface area contributed by atoms with E-state index in [4.69, 9.17) is 12.2 Å². The minimum Gasteiger partial charge on any atom is -0.612 e. The standard InChI is InChI=1S/C10H7N2O3S2/c13-9-8(17-10(16)11-9)5-6-1-3-7(4-2-6)12(14)15/h1-5H,(H2-,11,13,14,15,16)/q-1. The molecule has 0 unspecified atom stereocenters. The lowest BCUT2D eigenvalue weighted by molar-refractivity contribution is -0.377. The first-order chi connectivity index (χ1) is 8.06. The van der Waals surface area contributed by atoms with Crippen LogP contribution in [-0.2, 0) is 0 Å². The van der Waals surface area contributed by atoms with Crippen LogP contribution in [0.2, 0.25) is 0 Å². The van der Waals surface area contributed by atoms with E-state index in [0.29, 0.717) is 8.83 Å². The van der Waals surface area contributed by atoms with E-state index in [-0.39, 0.29) is 11.6 Å². The van der Waals surface area contributed by atoms with Gasteiger partial charge in [0.2, 0.25) is 11.6 Å². The minimum atomic E-state index is -0.457. The van der Waals surface area contributed by atoms with Gasteiger partial charge in [-0.1, -0.05) is 0 Å². The summed E-state index contributed by atoms with van der Waals surface area (Å²) in [6, 6.07) is 0. The maximum atomic E-state index is 10.5. The number of allylic oxidation sites excluding steroid dienone is 5. The van der Waals surface area contributed by atoms with Gasteiger partial charge in [0.15, 0.2) is 3.95 Å². The average Bonchev–Trinajstić information content (AvgIpc) is 2.58. The first kappa shape index (κ1) is 11.6. The zero-order chi connectivity index (χ0) is 12.4. The fourth-order valence-electron chi connectivity index (χ4n) is 1.27. The summed E-state index contributed by atoms with van der Waals surface area (Å²) in [5.74, 6) is 0.0124. The van der Waals surface area contributed by atoms with Gasteiger partial charge in [-0.3, -0.25) is 0 Å². The summed E-state index contributed by atoms with van der Waals surface area (Å²) in [6.07, 6.45) is 7.75. The van der Waals surface area contributed by atoms with E-state index in [1.807, 2.05) is 0 Å². The lowest BCUT2D eigenvalue weighted by Gasteiger charge is -2.07. The molecule has 1 aliphatic carbocycles. The Morgan fingerprint density at radius 1 is 1.29 bits per heavy atom. The fraction of sp³-hybridized carbons (Fsp3) is 0. The number of nitrogens with one attached hydrogen (secondary N) is 1. The molecule has 2 rings (SSSR count). The molecule has 1 aliphatic rings. The van der Waals surface area contributed by atoms with Crippen molar-refractivity contribution in [1.82, 2.24) is 4.98 Å². The van der Waals surface area contributed by atoms with Crippen molar-refractivity contribution in [2.75, 3.05) is 0 Å². The maximum Gasteiger partial charge on any atom is 0.222 e. The number of thiazole rings is 1. The molecule has 0 fully saturated rings. The van der Waals surface area contributed by atoms with Gasteiger partial charge in [0.05, 0.1) is 4.88 Å². The van der Waals surface area contributed by atoms with Crippen molar-refractivity contribution >= 4 is 35.3 Å². The van der Waals surface area contributed by atoms with Crippen molar-refractivity contribution in [1.29, 1.82) is 0 Å². The Bertz CT molecular complexity index is 598. The van der Waals surface area contributed by atoms with Crippen LogP contribution in [0.1, 0.15) is 4.88 Å². The largest absolute Gasteiger partial charge is 0.612 e. The third-order valence-electron chi connectivity index (χ3n) is 2.06. The third kappa shape index (κ3) is 2.63. The van der Waals surface area contributed by atoms with Crippen LogP contribution >= 0.6 is 23.6 Å². The van der Waals surface area contributed by atoms with Crippen LogP contribution in [0.4, 0.5) is 0 Å². The highest BCUT2D eigenvalue weighted by molar-refractivity contribution is 7.73. The normalized spacial score (nSPS) is 14.1. The second-order valence-electron chi connectivity index (χ2n) is 3.22. The van der Waals surface area contributed by atoms with Gasteiger partial charge in [-0.15, -0.1) is 11.3 Å². The van der Waals surface area contributed by atoms with Crippen LogP contribution in [0.5, 0.6) is 5.88 Å². The fourth-order valence-corrected chi connectivity index (χ4v) is 2.33. The Morgan fingerprint density at radius 2 is 1.94 bits per heavy atom. The summed E-state index contributed by atoms with van der Waals surface area (Å²) >= 11 is 6.12. The van der Waals surface area contributed by atoms with Gasteiger partial charge in [0.1, 0.15) is 0 Å². The van der Waals surface area contributed by atoms with Gasteiger partial charge in [-0.25, -0.2) is 0 Å². The number of aromatic amines is 1. The monoisotopic (exact) mass is 267 g/mol. The van der Waals surface area contributed by atoms with Crippen LogP contribution in [0.3, 0.4) is 0 Å². The number of aromatic hydroxyl groups is 1. The molecule has 17 heavy (non-hydrogen) atoms. The summed E-state index contributed by atoms with van der Waals surface area (Å²) < 4.78 is 0.482. The van der Waals surface area contributed by atoms with E-state index in [1.165, 1.54) is 23.5 Å². The predicted molar refractivity (Wildman–Crippen MR) is 69.4 cm³/mol. The van der Waals surface area contributed by atoms with Crippen LogP contribution in [0, 0.1) is 14.4 Å². The molecular formula is C10H7N2O3S2-. The second-order valence-corrected chi connectivity index (χ2v) is 4.94. The SMILES string of the molecule is [O-][N+]([O-])=C1C=CC(=Cc2sc(=S)[nH]c2O)C=C1. The Balaban J connectivity index is 2.31. The number of hydrogen-bond acceptors (Lipinski definition) is 5. The van der Waals surface area contributed by atoms with E-state index in [1.54, 1.807) is 18.2 Å². The van der Waals surface area contributed by atoms with Crippen LogP contribution in [0.25, 0.3) is 6.08 Å². The highest BCUT2D eigenvalue weighted by atomic mass is 32.1. The molecule has 0 saturated carbocycles. The van der Waals surface area contributed by atoms with Crippen molar-refractivity contribution in [3.63, 3.8) is 0 Å². The Hall–Kier alpha value is -1.86. The average molecular weight is 267 g/mol. The van der Waals surface area contributed by atoms with E-state index in [0.717, 1.165) is 5.57 Å². The number of H-pyrrole nitrogens is 1.